The van der Waals surface area contributed by atoms with Crippen molar-refractivity contribution in [1.82, 2.24) is 4.90 Å². The topological polar surface area (TPSA) is 40.6 Å². The molecule has 1 saturated heterocycles. The number of anilines is 1. The molecule has 0 aliphatic carbocycles. The van der Waals surface area contributed by atoms with Crippen LogP contribution in [0.3, 0.4) is 0 Å². The number of hydrogen-bond acceptors (Lipinski definition) is 4. The number of para-hydroxylation sites is 1. The van der Waals surface area contributed by atoms with E-state index >= 15 is 0 Å². The van der Waals surface area contributed by atoms with Gasteiger partial charge in [-0.1, -0.05) is 72.0 Å². The number of amides is 2. The van der Waals surface area contributed by atoms with Crippen LogP contribution in [0.2, 0.25) is 0 Å². The zero-order valence-corrected chi connectivity index (χ0v) is 16.7. The van der Waals surface area contributed by atoms with Gasteiger partial charge in [0.2, 0.25) is 0 Å². The van der Waals surface area contributed by atoms with E-state index in [0.29, 0.717) is 27.9 Å². The molecule has 0 saturated carbocycles. The summed E-state index contributed by atoms with van der Waals surface area (Å²) in [6.07, 6.45) is 0. The van der Waals surface area contributed by atoms with Crippen LogP contribution in [-0.2, 0) is 16.1 Å². The van der Waals surface area contributed by atoms with Crippen LogP contribution in [-0.4, -0.2) is 27.6 Å². The van der Waals surface area contributed by atoms with Crippen molar-refractivity contribution in [3.8, 4) is 0 Å². The lowest BCUT2D eigenvalue weighted by molar-refractivity contribution is -0.122. The summed E-state index contributed by atoms with van der Waals surface area (Å²) >= 11 is 6.68. The van der Waals surface area contributed by atoms with Gasteiger partial charge < -0.3 is 4.90 Å². The summed E-state index contributed by atoms with van der Waals surface area (Å²) < 4.78 is 0.489. The fourth-order valence-electron chi connectivity index (χ4n) is 3.38. The van der Waals surface area contributed by atoms with Crippen LogP contribution in [0.4, 0.5) is 5.69 Å². The van der Waals surface area contributed by atoms with Gasteiger partial charge in [0.05, 0.1) is 22.7 Å². The molecule has 0 radical (unpaired) electrons. The molecule has 2 amide bonds. The number of benzene rings is 2. The van der Waals surface area contributed by atoms with Crippen LogP contribution in [0.15, 0.2) is 53.4 Å². The summed E-state index contributed by atoms with van der Waals surface area (Å²) in [5.74, 6) is -0.323. The summed E-state index contributed by atoms with van der Waals surface area (Å²) in [6.45, 7) is 4.93. The Morgan fingerprint density at radius 2 is 1.67 bits per heavy atom. The number of carbonyl (C=O) groups is 2. The van der Waals surface area contributed by atoms with Crippen molar-refractivity contribution >= 4 is 51.4 Å². The zero-order chi connectivity index (χ0) is 19.1. The van der Waals surface area contributed by atoms with E-state index in [-0.39, 0.29) is 11.8 Å². The Balaban J connectivity index is 1.73. The van der Waals surface area contributed by atoms with Gasteiger partial charge in [-0.2, -0.15) is 0 Å². The van der Waals surface area contributed by atoms with E-state index in [4.69, 9.17) is 12.2 Å². The summed E-state index contributed by atoms with van der Waals surface area (Å²) in [5.41, 5.74) is 4.30. The SMILES string of the molecule is CCN1C(=O)C(=C2SC(=S)N(Cc3ccc(C)cc3)C2=O)c2ccccc21. The molecule has 4 rings (SSSR count). The Morgan fingerprint density at radius 1 is 0.963 bits per heavy atom. The van der Waals surface area contributed by atoms with E-state index in [1.807, 2.05) is 62.4 Å². The normalized spacial score (nSPS) is 19.3. The first-order chi connectivity index (χ1) is 13.0. The van der Waals surface area contributed by atoms with Crippen LogP contribution in [0, 0.1) is 6.92 Å². The molecule has 4 nitrogen and oxygen atoms in total. The maximum absolute atomic E-state index is 13.1. The van der Waals surface area contributed by atoms with Gasteiger partial charge in [0, 0.05) is 12.1 Å². The maximum Gasteiger partial charge on any atom is 0.267 e. The van der Waals surface area contributed by atoms with E-state index in [9.17, 15) is 9.59 Å². The second kappa shape index (κ2) is 6.94. The number of fused-ring (bicyclic) bond motifs is 1. The Hall–Kier alpha value is -2.44. The molecule has 0 spiro atoms. The first-order valence-corrected chi connectivity index (χ1v) is 9.98. The molecule has 27 heavy (non-hydrogen) atoms. The average Bonchev–Trinajstić information content (AvgIpc) is 3.10. The van der Waals surface area contributed by atoms with Crippen LogP contribution in [0.5, 0.6) is 0 Å². The third-order valence-electron chi connectivity index (χ3n) is 4.78. The van der Waals surface area contributed by atoms with Gasteiger partial charge in [-0.05, 0) is 25.5 Å². The lowest BCUT2D eigenvalue weighted by atomic mass is 10.1. The fourth-order valence-corrected chi connectivity index (χ4v) is 4.70. The van der Waals surface area contributed by atoms with Crippen LogP contribution in [0.25, 0.3) is 5.57 Å². The van der Waals surface area contributed by atoms with Gasteiger partial charge in [0.1, 0.15) is 4.32 Å². The first kappa shape index (κ1) is 17.9. The highest BCUT2D eigenvalue weighted by Gasteiger charge is 2.41. The molecule has 0 bridgehead atoms. The quantitative estimate of drug-likeness (QED) is 0.580. The number of hydrogen-bond donors (Lipinski definition) is 0. The summed E-state index contributed by atoms with van der Waals surface area (Å²) in [5, 5.41) is 0. The highest BCUT2D eigenvalue weighted by atomic mass is 32.2. The largest absolute Gasteiger partial charge is 0.308 e. The molecule has 2 aromatic carbocycles. The van der Waals surface area contributed by atoms with Crippen molar-refractivity contribution in [3.63, 3.8) is 0 Å². The molecule has 1 fully saturated rings. The molecule has 0 aromatic heterocycles. The van der Waals surface area contributed by atoms with Gasteiger partial charge in [0.25, 0.3) is 11.8 Å². The number of carbonyl (C=O) groups excluding carboxylic acids is 2. The van der Waals surface area contributed by atoms with Crippen molar-refractivity contribution in [2.45, 2.75) is 20.4 Å². The molecular weight excluding hydrogens is 376 g/mol. The zero-order valence-electron chi connectivity index (χ0n) is 15.1. The Morgan fingerprint density at radius 3 is 2.37 bits per heavy atom. The third-order valence-corrected chi connectivity index (χ3v) is 6.23. The molecule has 0 atom stereocenters. The Kier molecular flexibility index (Phi) is 4.61. The number of rotatable bonds is 3. The third kappa shape index (κ3) is 2.99. The molecule has 2 aliphatic heterocycles. The standard InChI is InChI=1S/C21H18N2O2S2/c1-3-22-16-7-5-4-6-15(16)17(19(22)24)18-20(25)23(21(26)27-18)12-14-10-8-13(2)9-11-14/h4-11H,3,12H2,1-2H3. The van der Waals surface area contributed by atoms with E-state index in [1.54, 1.807) is 9.80 Å². The lowest BCUT2D eigenvalue weighted by Crippen LogP contribution is -2.29. The number of aryl methyl sites for hydroxylation is 1. The minimum atomic E-state index is -0.193. The van der Waals surface area contributed by atoms with Gasteiger partial charge in [-0.15, -0.1) is 0 Å². The lowest BCUT2D eigenvalue weighted by Gasteiger charge is -2.15. The minimum Gasteiger partial charge on any atom is -0.308 e. The van der Waals surface area contributed by atoms with Crippen LogP contribution < -0.4 is 4.90 Å². The van der Waals surface area contributed by atoms with E-state index in [1.165, 1.54) is 17.3 Å². The molecule has 2 aromatic rings. The van der Waals surface area contributed by atoms with Crippen LogP contribution >= 0.6 is 24.0 Å². The van der Waals surface area contributed by atoms with E-state index < -0.39 is 0 Å². The van der Waals surface area contributed by atoms with Crippen LogP contribution in [0.1, 0.15) is 23.6 Å². The van der Waals surface area contributed by atoms with E-state index in [2.05, 4.69) is 0 Å². The number of thiocarbonyl (C=S) groups is 1. The Labute approximate surface area is 167 Å². The smallest absolute Gasteiger partial charge is 0.267 e. The second-order valence-corrected chi connectivity index (χ2v) is 8.16. The molecule has 136 valence electrons. The predicted octanol–water partition coefficient (Wildman–Crippen LogP) is 4.13. The molecule has 2 aliphatic rings. The van der Waals surface area contributed by atoms with Gasteiger partial charge in [-0.3, -0.25) is 14.5 Å². The number of thioether (sulfide) groups is 1. The Bertz CT molecular complexity index is 995. The summed E-state index contributed by atoms with van der Waals surface area (Å²) in [7, 11) is 0. The van der Waals surface area contributed by atoms with Crippen molar-refractivity contribution in [2.24, 2.45) is 0 Å². The molecule has 0 unspecified atom stereocenters. The van der Waals surface area contributed by atoms with Crippen molar-refractivity contribution in [2.75, 3.05) is 11.4 Å². The van der Waals surface area contributed by atoms with Crippen molar-refractivity contribution in [1.29, 1.82) is 0 Å². The van der Waals surface area contributed by atoms with E-state index in [0.717, 1.165) is 16.8 Å². The molecular formula is C21H18N2O2S2. The molecule has 6 heteroatoms. The minimum absolute atomic E-state index is 0.130. The highest BCUT2D eigenvalue weighted by molar-refractivity contribution is 8.26. The number of likely N-dealkylation sites (N-methyl/N-ethyl adjacent to an activating group) is 1. The summed E-state index contributed by atoms with van der Waals surface area (Å²) in [6, 6.07) is 15.6. The first-order valence-electron chi connectivity index (χ1n) is 8.76. The second-order valence-electron chi connectivity index (χ2n) is 6.52. The maximum atomic E-state index is 13.1. The van der Waals surface area contributed by atoms with Gasteiger partial charge in [0.15, 0.2) is 0 Å². The average molecular weight is 395 g/mol. The fraction of sp³-hybridized carbons (Fsp3) is 0.190. The predicted molar refractivity (Wildman–Crippen MR) is 113 cm³/mol. The van der Waals surface area contributed by atoms with Gasteiger partial charge in [-0.25, -0.2) is 0 Å². The van der Waals surface area contributed by atoms with Gasteiger partial charge >= 0.3 is 0 Å². The van der Waals surface area contributed by atoms with Crippen molar-refractivity contribution in [3.05, 3.63) is 70.1 Å². The summed E-state index contributed by atoms with van der Waals surface area (Å²) in [4.78, 5) is 29.8. The monoisotopic (exact) mass is 394 g/mol. The molecule has 0 N–H and O–H groups in total. The van der Waals surface area contributed by atoms with Crippen molar-refractivity contribution < 1.29 is 9.59 Å². The highest BCUT2D eigenvalue weighted by Crippen LogP contribution is 2.44. The molecule has 2 heterocycles. The number of nitrogens with zero attached hydrogens (tertiary/aromatic N) is 2.